The zero-order chi connectivity index (χ0) is 10.8. The van der Waals surface area contributed by atoms with E-state index in [1.807, 2.05) is 12.1 Å². The van der Waals surface area contributed by atoms with Gasteiger partial charge in [0.25, 0.3) is 0 Å². The van der Waals surface area contributed by atoms with Gasteiger partial charge in [0.1, 0.15) is 0 Å². The number of ketones is 1. The number of hydrogen-bond donors (Lipinski definition) is 1. The summed E-state index contributed by atoms with van der Waals surface area (Å²) < 4.78 is 0.801. The fourth-order valence-corrected chi connectivity index (χ4v) is 2.68. The first kappa shape index (κ1) is 10.7. The Labute approximate surface area is 97.9 Å². The lowest BCUT2D eigenvalue weighted by atomic mass is 10.2. The molecule has 1 aromatic heterocycles. The first-order valence-corrected chi connectivity index (χ1v) is 6.10. The minimum atomic E-state index is 0.217. The fraction of sp³-hybridized carbons (Fsp3) is 0.364. The molecule has 1 atom stereocenters. The summed E-state index contributed by atoms with van der Waals surface area (Å²) in [6.07, 6.45) is 3.17. The number of nitrogens with one attached hydrogen (secondary N) is 1. The largest absolute Gasteiger partial charge is 0.381 e. The molecule has 1 aliphatic carbocycles. The molecule has 0 aliphatic heterocycles. The summed E-state index contributed by atoms with van der Waals surface area (Å²) in [5, 5.41) is 3.33. The maximum atomic E-state index is 11.0. The van der Waals surface area contributed by atoms with Crippen molar-refractivity contribution in [2.75, 3.05) is 0 Å². The quantitative estimate of drug-likeness (QED) is 0.880. The molecular weight excluding hydrogens is 230 g/mol. The third-order valence-corrected chi connectivity index (χ3v) is 3.81. The molecule has 1 unspecified atom stereocenters. The van der Waals surface area contributed by atoms with E-state index in [4.69, 9.17) is 11.6 Å². The van der Waals surface area contributed by atoms with E-state index < -0.39 is 0 Å². The monoisotopic (exact) mass is 241 g/mol. The van der Waals surface area contributed by atoms with Gasteiger partial charge in [0.15, 0.2) is 5.78 Å². The van der Waals surface area contributed by atoms with E-state index in [0.717, 1.165) is 16.5 Å². The number of halogens is 1. The molecule has 0 amide bonds. The highest BCUT2D eigenvalue weighted by atomic mass is 35.5. The molecule has 1 heterocycles. The molecule has 2 rings (SSSR count). The van der Waals surface area contributed by atoms with Crippen molar-refractivity contribution < 1.29 is 4.79 Å². The molecule has 0 saturated carbocycles. The topological polar surface area (TPSA) is 29.1 Å². The molecule has 15 heavy (non-hydrogen) atoms. The maximum Gasteiger partial charge on any atom is 0.157 e. The van der Waals surface area contributed by atoms with Crippen LogP contribution in [0.4, 0.5) is 0 Å². The van der Waals surface area contributed by atoms with Gasteiger partial charge in [-0.2, -0.15) is 0 Å². The Hall–Kier alpha value is -0.800. The number of thiophene rings is 1. The normalized spacial score (nSPS) is 17.7. The van der Waals surface area contributed by atoms with Crippen LogP contribution in [0.1, 0.15) is 30.7 Å². The van der Waals surface area contributed by atoms with Crippen molar-refractivity contribution in [2.24, 2.45) is 0 Å². The Morgan fingerprint density at radius 1 is 1.47 bits per heavy atom. The van der Waals surface area contributed by atoms with Gasteiger partial charge in [0, 0.05) is 23.1 Å². The van der Waals surface area contributed by atoms with E-state index in [1.54, 1.807) is 17.4 Å². The minimum Gasteiger partial charge on any atom is -0.381 e. The van der Waals surface area contributed by atoms with Crippen molar-refractivity contribution in [1.82, 2.24) is 5.32 Å². The highest BCUT2D eigenvalue weighted by Crippen LogP contribution is 2.28. The Morgan fingerprint density at radius 2 is 2.27 bits per heavy atom. The third kappa shape index (κ3) is 2.61. The van der Waals surface area contributed by atoms with Crippen molar-refractivity contribution in [3.8, 4) is 0 Å². The molecule has 1 aliphatic rings. The van der Waals surface area contributed by atoms with Gasteiger partial charge in [-0.1, -0.05) is 11.6 Å². The smallest absolute Gasteiger partial charge is 0.157 e. The van der Waals surface area contributed by atoms with Crippen LogP contribution in [0.25, 0.3) is 0 Å². The molecule has 0 fully saturated rings. The van der Waals surface area contributed by atoms with Crippen LogP contribution in [-0.4, -0.2) is 5.78 Å². The predicted octanol–water partition coefficient (Wildman–Crippen LogP) is 3.30. The summed E-state index contributed by atoms with van der Waals surface area (Å²) in [6, 6.07) is 4.13. The number of hydrogen-bond acceptors (Lipinski definition) is 3. The molecule has 0 spiro atoms. The van der Waals surface area contributed by atoms with Crippen LogP contribution in [-0.2, 0) is 4.79 Å². The zero-order valence-electron chi connectivity index (χ0n) is 8.42. The molecule has 80 valence electrons. The van der Waals surface area contributed by atoms with Crippen molar-refractivity contribution in [1.29, 1.82) is 0 Å². The average molecular weight is 242 g/mol. The standard InChI is InChI=1S/C11H12ClNOS/c1-7(10-4-5-11(12)15-10)13-8-2-3-9(14)6-8/h4-7,13H,2-3H2,1H3. The molecule has 1 aromatic rings. The van der Waals surface area contributed by atoms with Gasteiger partial charge in [-0.15, -0.1) is 11.3 Å². The van der Waals surface area contributed by atoms with Crippen molar-refractivity contribution in [2.45, 2.75) is 25.8 Å². The summed E-state index contributed by atoms with van der Waals surface area (Å²) in [5.41, 5.74) is 1.04. The predicted molar refractivity (Wildman–Crippen MR) is 63.2 cm³/mol. The Balaban J connectivity index is 2.01. The van der Waals surface area contributed by atoms with E-state index in [0.29, 0.717) is 6.42 Å². The zero-order valence-corrected chi connectivity index (χ0v) is 9.99. The second kappa shape index (κ2) is 4.37. The Kier molecular flexibility index (Phi) is 3.12. The lowest BCUT2D eigenvalue weighted by Crippen LogP contribution is -2.15. The van der Waals surface area contributed by atoms with Gasteiger partial charge in [0.05, 0.1) is 10.4 Å². The van der Waals surface area contributed by atoms with Gasteiger partial charge in [-0.25, -0.2) is 0 Å². The van der Waals surface area contributed by atoms with Gasteiger partial charge >= 0.3 is 0 Å². The van der Waals surface area contributed by atoms with E-state index >= 15 is 0 Å². The number of rotatable bonds is 3. The lowest BCUT2D eigenvalue weighted by Gasteiger charge is -2.13. The fourth-order valence-electron chi connectivity index (χ4n) is 1.62. The number of carbonyl (C=O) groups excluding carboxylic acids is 1. The van der Waals surface area contributed by atoms with E-state index in [1.165, 1.54) is 4.88 Å². The third-order valence-electron chi connectivity index (χ3n) is 2.40. The van der Waals surface area contributed by atoms with Crippen molar-refractivity contribution >= 4 is 28.7 Å². The molecule has 0 bridgehead atoms. The first-order valence-electron chi connectivity index (χ1n) is 4.90. The summed E-state index contributed by atoms with van der Waals surface area (Å²) in [5.74, 6) is 0.217. The van der Waals surface area contributed by atoms with Crippen LogP contribution in [0.5, 0.6) is 0 Å². The SMILES string of the molecule is CC(NC1=CC(=O)CC1)c1ccc(Cl)s1. The van der Waals surface area contributed by atoms with Gasteiger partial charge in [0.2, 0.25) is 0 Å². The molecule has 0 radical (unpaired) electrons. The molecule has 4 heteroatoms. The highest BCUT2D eigenvalue weighted by molar-refractivity contribution is 7.16. The van der Waals surface area contributed by atoms with Crippen LogP contribution in [0, 0.1) is 0 Å². The van der Waals surface area contributed by atoms with Gasteiger partial charge in [-0.05, 0) is 25.5 Å². The summed E-state index contributed by atoms with van der Waals surface area (Å²) >= 11 is 7.44. The number of allylic oxidation sites excluding steroid dienone is 2. The van der Waals surface area contributed by atoms with Crippen LogP contribution in [0.2, 0.25) is 4.34 Å². The summed E-state index contributed by atoms with van der Waals surface area (Å²) in [6.45, 7) is 2.08. The van der Waals surface area contributed by atoms with Crippen molar-refractivity contribution in [3.63, 3.8) is 0 Å². The second-order valence-electron chi connectivity index (χ2n) is 3.64. The summed E-state index contributed by atoms with van der Waals surface area (Å²) in [7, 11) is 0. The maximum absolute atomic E-state index is 11.0. The van der Waals surface area contributed by atoms with E-state index in [-0.39, 0.29) is 11.8 Å². The van der Waals surface area contributed by atoms with E-state index in [9.17, 15) is 4.79 Å². The molecule has 2 nitrogen and oxygen atoms in total. The second-order valence-corrected chi connectivity index (χ2v) is 5.39. The van der Waals surface area contributed by atoms with Crippen molar-refractivity contribution in [3.05, 3.63) is 33.1 Å². The van der Waals surface area contributed by atoms with E-state index in [2.05, 4.69) is 12.2 Å². The Bertz CT molecular complexity index is 410. The molecule has 1 N–H and O–H groups in total. The molecule has 0 aromatic carbocycles. The summed E-state index contributed by atoms with van der Waals surface area (Å²) in [4.78, 5) is 12.2. The first-order chi connectivity index (χ1) is 7.15. The van der Waals surface area contributed by atoms with Gasteiger partial charge < -0.3 is 5.32 Å². The highest BCUT2D eigenvalue weighted by Gasteiger charge is 2.15. The van der Waals surface area contributed by atoms with Gasteiger partial charge in [-0.3, -0.25) is 4.79 Å². The van der Waals surface area contributed by atoms with Crippen LogP contribution in [0.15, 0.2) is 23.9 Å². The minimum absolute atomic E-state index is 0.217. The van der Waals surface area contributed by atoms with Crippen LogP contribution >= 0.6 is 22.9 Å². The molecular formula is C11H12ClNOS. The average Bonchev–Trinajstić information content (AvgIpc) is 2.75. The van der Waals surface area contributed by atoms with Crippen LogP contribution in [0.3, 0.4) is 0 Å². The van der Waals surface area contributed by atoms with Crippen LogP contribution < -0.4 is 5.32 Å². The number of carbonyl (C=O) groups is 1. The molecule has 0 saturated heterocycles. The Morgan fingerprint density at radius 3 is 2.80 bits per heavy atom. The lowest BCUT2D eigenvalue weighted by molar-refractivity contribution is -0.114.